The Hall–Kier alpha value is -0.810. The second-order valence-corrected chi connectivity index (χ2v) is 2.54. The Bertz CT molecular complexity index is 155. The first-order chi connectivity index (χ1) is 5.22. The second-order valence-electron chi connectivity index (χ2n) is 2.54. The largest absolute Gasteiger partial charge is 0.527 e. The number of nitrogens with two attached hydrogens (primary N) is 1. The maximum Gasteiger partial charge on any atom is 0.527 e. The first-order valence-corrected chi connectivity index (χ1v) is 3.31. The van der Waals surface area contributed by atoms with E-state index in [9.17, 15) is 4.79 Å². The zero-order chi connectivity index (χ0) is 8.32. The number of hydrogen-bond donors (Lipinski definition) is 1. The molecule has 1 aliphatic rings. The third-order valence-electron chi connectivity index (χ3n) is 1.79. The van der Waals surface area contributed by atoms with E-state index in [1.165, 1.54) is 0 Å². The molecule has 0 aromatic heterocycles. The van der Waals surface area contributed by atoms with Crippen molar-refractivity contribution < 1.29 is 19.1 Å². The maximum absolute atomic E-state index is 10.4. The Balaban J connectivity index is 2.16. The smallest absolute Gasteiger partial charge is 0.430 e. The predicted molar refractivity (Wildman–Crippen MR) is 35.6 cm³/mol. The highest BCUT2D eigenvalue weighted by molar-refractivity contribution is 5.59. The fraction of sp³-hybridized carbons (Fsp3) is 0.833. The van der Waals surface area contributed by atoms with Gasteiger partial charge in [-0.3, -0.25) is 0 Å². The van der Waals surface area contributed by atoms with Crippen LogP contribution in [0.25, 0.3) is 0 Å². The fourth-order valence-corrected chi connectivity index (χ4v) is 0.771. The number of ether oxygens (including phenoxy) is 2. The van der Waals surface area contributed by atoms with Gasteiger partial charge in [0.15, 0.2) is 0 Å². The van der Waals surface area contributed by atoms with Crippen molar-refractivity contribution in [3.8, 4) is 0 Å². The first-order valence-electron chi connectivity index (χ1n) is 3.31. The molecule has 0 amide bonds. The number of hydrogen-bond acceptors (Lipinski definition) is 5. The van der Waals surface area contributed by atoms with Gasteiger partial charge in [0, 0.05) is 7.11 Å². The molecule has 0 saturated heterocycles. The minimum absolute atomic E-state index is 0.222. The average molecular weight is 161 g/mol. The van der Waals surface area contributed by atoms with E-state index < -0.39 is 6.16 Å². The fourth-order valence-electron chi connectivity index (χ4n) is 0.771. The molecule has 5 nitrogen and oxygen atoms in total. The molecule has 2 N–H and O–H groups in total. The molecule has 0 aromatic rings. The Morgan fingerprint density at radius 3 is 2.64 bits per heavy atom. The molecular weight excluding hydrogens is 150 g/mol. The molecule has 1 saturated carbocycles. The van der Waals surface area contributed by atoms with Crippen LogP contribution in [0, 0.1) is 0 Å². The molecule has 5 heteroatoms. The molecule has 1 rings (SSSR count). The zero-order valence-corrected chi connectivity index (χ0v) is 6.33. The number of carbonyl (C=O) groups is 1. The van der Waals surface area contributed by atoms with Gasteiger partial charge < -0.3 is 14.3 Å². The SMILES string of the molecule is COC1(COC(=O)ON)CC1. The second kappa shape index (κ2) is 3.06. The van der Waals surface area contributed by atoms with Gasteiger partial charge in [0.2, 0.25) is 0 Å². The Morgan fingerprint density at radius 2 is 2.27 bits per heavy atom. The Labute approximate surface area is 64.4 Å². The number of carbonyl (C=O) groups excluding carboxylic acids is 1. The summed E-state index contributed by atoms with van der Waals surface area (Å²) < 4.78 is 9.67. The summed E-state index contributed by atoms with van der Waals surface area (Å²) >= 11 is 0. The average Bonchev–Trinajstić information content (AvgIpc) is 2.81. The standard InChI is InChI=1S/C6H11NO4/c1-9-6(2-3-6)4-10-5(8)11-7/h2-4,7H2,1H3. The van der Waals surface area contributed by atoms with Crippen LogP contribution >= 0.6 is 0 Å². The molecule has 1 aliphatic carbocycles. The summed E-state index contributed by atoms with van der Waals surface area (Å²) in [5, 5.41) is 0. The Morgan fingerprint density at radius 1 is 1.64 bits per heavy atom. The van der Waals surface area contributed by atoms with Gasteiger partial charge in [-0.2, -0.15) is 5.90 Å². The third kappa shape index (κ3) is 2.06. The van der Waals surface area contributed by atoms with Crippen LogP contribution in [-0.4, -0.2) is 25.5 Å². The highest BCUT2D eigenvalue weighted by Gasteiger charge is 2.44. The molecule has 0 aromatic carbocycles. The summed E-state index contributed by atoms with van der Waals surface area (Å²) in [6.45, 7) is 0.222. The summed E-state index contributed by atoms with van der Waals surface area (Å²) in [5.41, 5.74) is -0.256. The highest BCUT2D eigenvalue weighted by Crippen LogP contribution is 2.38. The summed E-state index contributed by atoms with van der Waals surface area (Å²) in [6.07, 6.45) is 0.969. The van der Waals surface area contributed by atoms with E-state index in [4.69, 9.17) is 4.74 Å². The van der Waals surface area contributed by atoms with Gasteiger partial charge in [0.05, 0.1) is 0 Å². The van der Waals surface area contributed by atoms with Gasteiger partial charge in [-0.05, 0) is 12.8 Å². The van der Waals surface area contributed by atoms with Crippen molar-refractivity contribution in [3.05, 3.63) is 0 Å². The lowest BCUT2D eigenvalue weighted by molar-refractivity contribution is -0.0108. The molecular formula is C6H11NO4. The lowest BCUT2D eigenvalue weighted by Crippen LogP contribution is -2.23. The highest BCUT2D eigenvalue weighted by atomic mass is 16.8. The summed E-state index contributed by atoms with van der Waals surface area (Å²) in [5.74, 6) is 4.55. The number of rotatable bonds is 3. The van der Waals surface area contributed by atoms with Crippen LogP contribution in [0.1, 0.15) is 12.8 Å². The molecule has 0 radical (unpaired) electrons. The molecule has 64 valence electrons. The van der Waals surface area contributed by atoms with E-state index in [0.717, 1.165) is 12.8 Å². The van der Waals surface area contributed by atoms with Crippen molar-refractivity contribution >= 4 is 6.16 Å². The van der Waals surface area contributed by atoms with Crippen LogP contribution in [0.3, 0.4) is 0 Å². The predicted octanol–water partition coefficient (Wildman–Crippen LogP) is 0.192. The van der Waals surface area contributed by atoms with Crippen molar-refractivity contribution in [3.63, 3.8) is 0 Å². The zero-order valence-electron chi connectivity index (χ0n) is 6.33. The normalized spacial score (nSPS) is 19.1. The van der Waals surface area contributed by atoms with E-state index in [1.807, 2.05) is 0 Å². The van der Waals surface area contributed by atoms with E-state index >= 15 is 0 Å². The van der Waals surface area contributed by atoms with Gasteiger partial charge in [0.25, 0.3) is 0 Å². The molecule has 11 heavy (non-hydrogen) atoms. The van der Waals surface area contributed by atoms with Gasteiger partial charge in [0.1, 0.15) is 12.2 Å². The van der Waals surface area contributed by atoms with Crippen LogP contribution in [0.15, 0.2) is 0 Å². The van der Waals surface area contributed by atoms with Gasteiger partial charge >= 0.3 is 6.16 Å². The Kier molecular flexibility index (Phi) is 2.31. The maximum atomic E-state index is 10.4. The van der Waals surface area contributed by atoms with Crippen molar-refractivity contribution in [2.75, 3.05) is 13.7 Å². The van der Waals surface area contributed by atoms with Crippen LogP contribution in [0.5, 0.6) is 0 Å². The van der Waals surface area contributed by atoms with Crippen LogP contribution in [0.4, 0.5) is 4.79 Å². The van der Waals surface area contributed by atoms with Gasteiger partial charge in [-0.25, -0.2) is 4.79 Å². The van der Waals surface area contributed by atoms with E-state index in [1.54, 1.807) is 7.11 Å². The molecule has 0 bridgehead atoms. The molecule has 0 unspecified atom stereocenters. The summed E-state index contributed by atoms with van der Waals surface area (Å²) in [4.78, 5) is 14.2. The molecule has 0 heterocycles. The minimum atomic E-state index is -0.867. The lowest BCUT2D eigenvalue weighted by atomic mass is 10.4. The lowest BCUT2D eigenvalue weighted by Gasteiger charge is -2.11. The van der Waals surface area contributed by atoms with Gasteiger partial charge in [-0.15, -0.1) is 0 Å². The molecule has 1 fully saturated rings. The summed E-state index contributed by atoms with van der Waals surface area (Å²) in [7, 11) is 1.59. The van der Waals surface area contributed by atoms with E-state index in [-0.39, 0.29) is 12.2 Å². The van der Waals surface area contributed by atoms with Crippen molar-refractivity contribution in [1.82, 2.24) is 0 Å². The van der Waals surface area contributed by atoms with E-state index in [2.05, 4.69) is 15.5 Å². The first kappa shape index (κ1) is 8.29. The quantitative estimate of drug-likeness (QED) is 0.472. The van der Waals surface area contributed by atoms with Crippen molar-refractivity contribution in [2.45, 2.75) is 18.4 Å². The van der Waals surface area contributed by atoms with Crippen LogP contribution < -0.4 is 5.90 Å². The van der Waals surface area contributed by atoms with E-state index in [0.29, 0.717) is 0 Å². The molecule has 0 spiro atoms. The van der Waals surface area contributed by atoms with Crippen LogP contribution in [-0.2, 0) is 14.3 Å². The monoisotopic (exact) mass is 161 g/mol. The van der Waals surface area contributed by atoms with Gasteiger partial charge in [-0.1, -0.05) is 0 Å². The third-order valence-corrected chi connectivity index (χ3v) is 1.79. The van der Waals surface area contributed by atoms with Crippen molar-refractivity contribution in [2.24, 2.45) is 5.90 Å². The number of methoxy groups -OCH3 is 1. The van der Waals surface area contributed by atoms with Crippen molar-refractivity contribution in [1.29, 1.82) is 0 Å². The molecule has 0 atom stereocenters. The minimum Gasteiger partial charge on any atom is -0.430 e. The van der Waals surface area contributed by atoms with Crippen LogP contribution in [0.2, 0.25) is 0 Å². The molecule has 0 aliphatic heterocycles. The topological polar surface area (TPSA) is 70.8 Å². The summed E-state index contributed by atoms with van der Waals surface area (Å²) in [6, 6.07) is 0.